The topological polar surface area (TPSA) is 55.8 Å². The van der Waals surface area contributed by atoms with Gasteiger partial charge < -0.3 is 20.2 Å². The average Bonchev–Trinajstić information content (AvgIpc) is 3.08. The predicted molar refractivity (Wildman–Crippen MR) is 121 cm³/mol. The van der Waals surface area contributed by atoms with E-state index in [2.05, 4.69) is 45.4 Å². The fourth-order valence-corrected chi connectivity index (χ4v) is 5.46. The van der Waals surface area contributed by atoms with E-state index in [1.807, 2.05) is 24.3 Å². The van der Waals surface area contributed by atoms with Crippen molar-refractivity contribution in [3.63, 3.8) is 0 Å². The first-order valence-corrected chi connectivity index (χ1v) is 10.8. The van der Waals surface area contributed by atoms with Gasteiger partial charge in [-0.2, -0.15) is 0 Å². The number of hydrogen-bond donors (Lipinski definition) is 2. The van der Waals surface area contributed by atoms with E-state index in [-0.39, 0.29) is 30.3 Å². The quantitative estimate of drug-likeness (QED) is 0.790. The normalized spacial score (nSPS) is 25.5. The molecular formula is C24H30ClN3O2. The molecule has 0 saturated carbocycles. The van der Waals surface area contributed by atoms with E-state index >= 15 is 0 Å². The van der Waals surface area contributed by atoms with E-state index in [0.717, 1.165) is 56.6 Å². The van der Waals surface area contributed by atoms with Crippen molar-refractivity contribution in [1.29, 1.82) is 0 Å². The van der Waals surface area contributed by atoms with Crippen LogP contribution in [0.25, 0.3) is 0 Å². The molecule has 1 aliphatic carbocycles. The number of aryl methyl sites for hydroxylation is 1. The summed E-state index contributed by atoms with van der Waals surface area (Å²) in [5.74, 6) is 0.425. The lowest BCUT2D eigenvalue weighted by atomic mass is 9.80. The monoisotopic (exact) mass is 427 g/mol. The van der Waals surface area contributed by atoms with Gasteiger partial charge in [0.05, 0.1) is 12.8 Å². The van der Waals surface area contributed by atoms with Gasteiger partial charge in [-0.15, -0.1) is 12.4 Å². The third-order valence-corrected chi connectivity index (χ3v) is 7.19. The van der Waals surface area contributed by atoms with Crippen molar-refractivity contribution in [3.05, 3.63) is 65.7 Å². The lowest BCUT2D eigenvalue weighted by molar-refractivity contribution is -0.125. The molecule has 0 aromatic heterocycles. The number of anilines is 1. The van der Waals surface area contributed by atoms with Crippen LogP contribution in [0.4, 0.5) is 5.69 Å². The summed E-state index contributed by atoms with van der Waals surface area (Å²) >= 11 is 0. The molecule has 2 atom stereocenters. The zero-order valence-electron chi connectivity index (χ0n) is 17.2. The van der Waals surface area contributed by atoms with Gasteiger partial charge in [-0.1, -0.05) is 42.5 Å². The summed E-state index contributed by atoms with van der Waals surface area (Å²) in [6, 6.07) is 18.5. The highest BCUT2D eigenvalue weighted by molar-refractivity contribution is 5.93. The molecule has 2 aliphatic heterocycles. The Labute approximate surface area is 184 Å². The molecule has 2 aromatic rings. The molecule has 1 amide bonds. The van der Waals surface area contributed by atoms with Crippen molar-refractivity contribution in [2.24, 2.45) is 5.92 Å². The molecule has 160 valence electrons. The van der Waals surface area contributed by atoms with E-state index in [1.54, 1.807) is 0 Å². The van der Waals surface area contributed by atoms with Crippen molar-refractivity contribution in [1.82, 2.24) is 10.2 Å². The van der Waals surface area contributed by atoms with Crippen molar-refractivity contribution in [3.8, 4) is 0 Å². The number of amides is 1. The van der Waals surface area contributed by atoms with Crippen LogP contribution in [0, 0.1) is 5.92 Å². The molecule has 2 saturated heterocycles. The van der Waals surface area contributed by atoms with Crippen LogP contribution in [0.3, 0.4) is 0 Å². The van der Waals surface area contributed by atoms with Gasteiger partial charge in [0, 0.05) is 31.2 Å². The third kappa shape index (κ3) is 3.59. The van der Waals surface area contributed by atoms with Crippen LogP contribution in [-0.4, -0.2) is 47.8 Å². The fraction of sp³-hybridized carbons (Fsp3) is 0.458. The number of halogens is 1. The highest BCUT2D eigenvalue weighted by Crippen LogP contribution is 2.38. The number of hydrogen-bond acceptors (Lipinski definition) is 4. The summed E-state index contributed by atoms with van der Waals surface area (Å²) < 4.78 is 0. The Morgan fingerprint density at radius 2 is 1.73 bits per heavy atom. The largest absolute Gasteiger partial charge is 0.388 e. The van der Waals surface area contributed by atoms with E-state index in [1.165, 1.54) is 5.56 Å². The molecule has 0 unspecified atom stereocenters. The first kappa shape index (κ1) is 21.2. The van der Waals surface area contributed by atoms with Crippen LogP contribution < -0.4 is 10.2 Å². The maximum atomic E-state index is 12.8. The van der Waals surface area contributed by atoms with E-state index in [0.29, 0.717) is 6.67 Å². The van der Waals surface area contributed by atoms with E-state index in [4.69, 9.17) is 0 Å². The molecule has 0 bridgehead atoms. The van der Waals surface area contributed by atoms with E-state index < -0.39 is 5.54 Å². The van der Waals surface area contributed by atoms with Crippen molar-refractivity contribution < 1.29 is 9.90 Å². The lowest BCUT2D eigenvalue weighted by Crippen LogP contribution is -2.57. The summed E-state index contributed by atoms with van der Waals surface area (Å²) in [4.78, 5) is 17.5. The van der Waals surface area contributed by atoms with Gasteiger partial charge in [-0.3, -0.25) is 4.79 Å². The average molecular weight is 428 g/mol. The third-order valence-electron chi connectivity index (χ3n) is 7.19. The molecule has 5 nitrogen and oxygen atoms in total. The Hall–Kier alpha value is -2.08. The predicted octanol–water partition coefficient (Wildman–Crippen LogP) is 3.13. The number of fused-ring (bicyclic) bond motifs is 1. The second-order valence-corrected chi connectivity index (χ2v) is 8.70. The van der Waals surface area contributed by atoms with Crippen LogP contribution in [0.2, 0.25) is 0 Å². The Morgan fingerprint density at radius 1 is 1.03 bits per heavy atom. The SMILES string of the molecule is Cl.O=C1NCN(c2ccccc2)C12CCN(C[C@@H]1CCc3ccccc3[C@H]1O)CC2. The minimum Gasteiger partial charge on any atom is -0.388 e. The molecule has 3 aliphatic rings. The molecule has 2 heterocycles. The highest BCUT2D eigenvalue weighted by atomic mass is 35.5. The van der Waals surface area contributed by atoms with Crippen molar-refractivity contribution >= 4 is 24.0 Å². The minimum atomic E-state index is -0.435. The number of nitrogens with one attached hydrogen (secondary N) is 1. The second-order valence-electron chi connectivity index (χ2n) is 8.70. The van der Waals surface area contributed by atoms with E-state index in [9.17, 15) is 9.90 Å². The number of likely N-dealkylation sites (tertiary alicyclic amines) is 1. The molecule has 5 rings (SSSR count). The molecule has 30 heavy (non-hydrogen) atoms. The Kier molecular flexibility index (Phi) is 6.05. The Morgan fingerprint density at radius 3 is 2.50 bits per heavy atom. The van der Waals surface area contributed by atoms with Crippen LogP contribution in [0.5, 0.6) is 0 Å². The number of rotatable bonds is 3. The molecule has 2 aromatic carbocycles. The Balaban J connectivity index is 0.00000218. The minimum absolute atomic E-state index is 0. The Bertz CT molecular complexity index is 883. The maximum absolute atomic E-state index is 12.8. The lowest BCUT2D eigenvalue weighted by Gasteiger charge is -2.44. The number of piperidine rings is 1. The van der Waals surface area contributed by atoms with Crippen LogP contribution in [0.15, 0.2) is 54.6 Å². The van der Waals surface area contributed by atoms with Crippen LogP contribution in [0.1, 0.15) is 36.5 Å². The fourth-order valence-electron chi connectivity index (χ4n) is 5.46. The van der Waals surface area contributed by atoms with Crippen LogP contribution in [-0.2, 0) is 11.2 Å². The van der Waals surface area contributed by atoms with Gasteiger partial charge in [0.2, 0.25) is 5.91 Å². The van der Waals surface area contributed by atoms with Crippen LogP contribution >= 0.6 is 12.4 Å². The first-order chi connectivity index (χ1) is 14.2. The van der Waals surface area contributed by atoms with Gasteiger partial charge in [-0.05, 0) is 48.9 Å². The van der Waals surface area contributed by atoms with Gasteiger partial charge in [0.25, 0.3) is 0 Å². The standard InChI is InChI=1S/C24H29N3O2.ClH/c28-22-19(11-10-18-6-4-5-9-21(18)22)16-26-14-12-24(13-15-26)23(29)25-17-27(24)20-7-2-1-3-8-20;/h1-9,19,22,28H,10-17H2,(H,25,29);1H/t19-,22-;/m0./s1. The van der Waals surface area contributed by atoms with Gasteiger partial charge >= 0.3 is 0 Å². The summed E-state index contributed by atoms with van der Waals surface area (Å²) in [6.45, 7) is 3.27. The maximum Gasteiger partial charge on any atom is 0.247 e. The van der Waals surface area contributed by atoms with Crippen molar-refractivity contribution in [2.45, 2.75) is 37.3 Å². The number of nitrogens with zero attached hydrogens (tertiary/aromatic N) is 2. The number of carbonyl (C=O) groups excluding carboxylic acids is 1. The van der Waals surface area contributed by atoms with Gasteiger partial charge in [-0.25, -0.2) is 0 Å². The molecule has 6 heteroatoms. The summed E-state index contributed by atoms with van der Waals surface area (Å²) in [7, 11) is 0. The molecule has 1 spiro atoms. The first-order valence-electron chi connectivity index (χ1n) is 10.8. The number of benzene rings is 2. The summed E-state index contributed by atoms with van der Waals surface area (Å²) in [5, 5.41) is 14.0. The van der Waals surface area contributed by atoms with Gasteiger partial charge in [0.1, 0.15) is 5.54 Å². The zero-order chi connectivity index (χ0) is 19.8. The number of para-hydroxylation sites is 1. The molecule has 0 radical (unpaired) electrons. The molecule has 2 fully saturated rings. The van der Waals surface area contributed by atoms with Crippen molar-refractivity contribution in [2.75, 3.05) is 31.2 Å². The molecule has 2 N–H and O–H groups in total. The number of aliphatic hydroxyl groups is 1. The zero-order valence-corrected chi connectivity index (χ0v) is 18.0. The second kappa shape index (κ2) is 8.58. The smallest absolute Gasteiger partial charge is 0.247 e. The number of aliphatic hydroxyl groups excluding tert-OH is 1. The number of carbonyl (C=O) groups is 1. The highest BCUT2D eigenvalue weighted by Gasteiger charge is 2.50. The summed E-state index contributed by atoms with van der Waals surface area (Å²) in [6.07, 6.45) is 3.34. The van der Waals surface area contributed by atoms with Gasteiger partial charge in [0.15, 0.2) is 0 Å². The summed E-state index contributed by atoms with van der Waals surface area (Å²) in [5.41, 5.74) is 3.06. The molecular weight excluding hydrogens is 398 g/mol.